The van der Waals surface area contributed by atoms with Gasteiger partial charge in [-0.2, -0.15) is 0 Å². The Morgan fingerprint density at radius 2 is 1.51 bits per heavy atom. The highest BCUT2D eigenvalue weighted by Crippen LogP contribution is 2.43. The highest BCUT2D eigenvalue weighted by molar-refractivity contribution is 6.06. The minimum absolute atomic E-state index is 0.0635. The van der Waals surface area contributed by atoms with Crippen LogP contribution in [0.4, 0.5) is 10.5 Å². The van der Waals surface area contributed by atoms with Gasteiger partial charge in [0.2, 0.25) is 5.91 Å². The third-order valence-electron chi connectivity index (χ3n) is 8.22. The Hall–Kier alpha value is -3.67. The third-order valence-corrected chi connectivity index (χ3v) is 8.22. The zero-order valence-electron chi connectivity index (χ0n) is 19.7. The van der Waals surface area contributed by atoms with Crippen molar-refractivity contribution in [2.45, 2.75) is 31.6 Å². The number of carbonyl (C=O) groups excluding carboxylic acids is 3. The fourth-order valence-electron chi connectivity index (χ4n) is 6.15. The largest absolute Gasteiger partial charge is 0.342 e. The topological polar surface area (TPSA) is 69.7 Å². The normalized spacial score (nSPS) is 20.9. The summed E-state index contributed by atoms with van der Waals surface area (Å²) in [5.74, 6) is -0.199. The number of likely N-dealkylation sites (tertiary alicyclic amines) is 2. The van der Waals surface area contributed by atoms with Crippen LogP contribution in [-0.4, -0.2) is 53.7 Å². The van der Waals surface area contributed by atoms with Crippen LogP contribution in [0.2, 0.25) is 0 Å². The molecule has 3 amide bonds. The van der Waals surface area contributed by atoms with Crippen molar-refractivity contribution in [1.29, 1.82) is 0 Å². The molecule has 0 radical (unpaired) electrons. The quantitative estimate of drug-likeness (QED) is 0.573. The molecule has 2 aliphatic heterocycles. The highest BCUT2D eigenvalue weighted by Gasteiger charge is 2.45. The van der Waals surface area contributed by atoms with E-state index in [0.717, 1.165) is 54.4 Å². The van der Waals surface area contributed by atoms with Crippen LogP contribution in [0.25, 0.3) is 10.8 Å². The average Bonchev–Trinajstić information content (AvgIpc) is 3.46. The van der Waals surface area contributed by atoms with Gasteiger partial charge >= 0.3 is 6.03 Å². The predicted octanol–water partition coefficient (Wildman–Crippen LogP) is 5.06. The maximum absolute atomic E-state index is 13.4. The van der Waals surface area contributed by atoms with E-state index in [4.69, 9.17) is 0 Å². The molecule has 2 fully saturated rings. The van der Waals surface area contributed by atoms with Crippen LogP contribution in [-0.2, 0) is 4.79 Å². The summed E-state index contributed by atoms with van der Waals surface area (Å²) in [6.07, 6.45) is 3.02. The fraction of sp³-hybridized carbons (Fsp3) is 0.345. The number of rotatable bonds is 2. The number of piperidine rings is 1. The van der Waals surface area contributed by atoms with E-state index in [2.05, 4.69) is 5.32 Å². The molecule has 2 heterocycles. The van der Waals surface area contributed by atoms with Gasteiger partial charge in [-0.25, -0.2) is 4.79 Å². The predicted molar refractivity (Wildman–Crippen MR) is 136 cm³/mol. The lowest BCUT2D eigenvalue weighted by molar-refractivity contribution is -0.132. The number of anilines is 1. The van der Waals surface area contributed by atoms with Crippen molar-refractivity contribution in [2.75, 3.05) is 31.5 Å². The number of fused-ring (bicyclic) bond motifs is 2. The number of benzene rings is 3. The number of carbonyl (C=O) groups is 3. The molecule has 6 heteroatoms. The molecule has 1 aliphatic carbocycles. The second-order valence-electron chi connectivity index (χ2n) is 10.2. The van der Waals surface area contributed by atoms with E-state index in [-0.39, 0.29) is 35.5 Å². The second kappa shape index (κ2) is 8.52. The molecule has 3 aromatic rings. The van der Waals surface area contributed by atoms with Gasteiger partial charge in [0, 0.05) is 43.5 Å². The number of hydrogen-bond acceptors (Lipinski definition) is 3. The summed E-state index contributed by atoms with van der Waals surface area (Å²) in [5, 5.41) is 5.24. The van der Waals surface area contributed by atoms with Crippen LogP contribution in [0.15, 0.2) is 66.7 Å². The molecule has 0 bridgehead atoms. The van der Waals surface area contributed by atoms with Gasteiger partial charge in [0.15, 0.2) is 5.78 Å². The molecule has 3 aromatic carbocycles. The van der Waals surface area contributed by atoms with E-state index in [1.54, 1.807) is 0 Å². The molecule has 1 atom stereocenters. The van der Waals surface area contributed by atoms with Crippen molar-refractivity contribution in [3.8, 4) is 0 Å². The SMILES string of the molecule is O=C1CC(C(=O)N2CCC3(CCN(C(=O)Nc4cccc5ccccc45)CC3)C2)c2ccccc21. The third kappa shape index (κ3) is 3.87. The lowest BCUT2D eigenvalue weighted by Gasteiger charge is -2.39. The van der Waals surface area contributed by atoms with Gasteiger partial charge in [-0.05, 0) is 41.7 Å². The molecule has 0 aromatic heterocycles. The molecule has 6 rings (SSSR count). The Labute approximate surface area is 204 Å². The number of nitrogens with zero attached hydrogens (tertiary/aromatic N) is 2. The van der Waals surface area contributed by atoms with Crippen LogP contribution in [0.3, 0.4) is 0 Å². The molecular formula is C29H29N3O3. The Morgan fingerprint density at radius 3 is 2.34 bits per heavy atom. The summed E-state index contributed by atoms with van der Waals surface area (Å²) in [4.78, 5) is 42.6. The molecule has 1 spiro atoms. The summed E-state index contributed by atoms with van der Waals surface area (Å²) in [5.41, 5.74) is 2.47. The first kappa shape index (κ1) is 21.8. The number of nitrogens with one attached hydrogen (secondary N) is 1. The van der Waals surface area contributed by atoms with E-state index in [1.807, 2.05) is 76.5 Å². The zero-order chi connectivity index (χ0) is 24.0. The van der Waals surface area contributed by atoms with Crippen molar-refractivity contribution in [3.05, 3.63) is 77.9 Å². The van der Waals surface area contributed by atoms with Gasteiger partial charge in [-0.15, -0.1) is 0 Å². The molecule has 3 aliphatic rings. The van der Waals surface area contributed by atoms with E-state index in [9.17, 15) is 14.4 Å². The standard InChI is InChI=1S/C29H29N3O3/c33-26-18-24(22-9-3-4-10-23(22)26)27(34)32-17-14-29(19-32)12-15-31(16-13-29)28(35)30-25-11-5-7-20-6-1-2-8-21(20)25/h1-11,24H,12-19H2,(H,30,35). The van der Waals surface area contributed by atoms with Gasteiger partial charge in [-0.1, -0.05) is 60.7 Å². The monoisotopic (exact) mass is 467 g/mol. The summed E-state index contributed by atoms with van der Waals surface area (Å²) in [6, 6.07) is 21.4. The van der Waals surface area contributed by atoms with E-state index >= 15 is 0 Å². The van der Waals surface area contributed by atoms with Crippen molar-refractivity contribution in [2.24, 2.45) is 5.41 Å². The first-order valence-corrected chi connectivity index (χ1v) is 12.5. The number of urea groups is 1. The summed E-state index contributed by atoms with van der Waals surface area (Å²) < 4.78 is 0. The van der Waals surface area contributed by atoms with Gasteiger partial charge in [-0.3, -0.25) is 9.59 Å². The first-order chi connectivity index (χ1) is 17.0. The van der Waals surface area contributed by atoms with Crippen molar-refractivity contribution in [1.82, 2.24) is 9.80 Å². The minimum Gasteiger partial charge on any atom is -0.342 e. The second-order valence-corrected chi connectivity index (χ2v) is 10.2. The Kier molecular flexibility index (Phi) is 5.32. The van der Waals surface area contributed by atoms with Crippen LogP contribution >= 0.6 is 0 Å². The van der Waals surface area contributed by atoms with Crippen molar-refractivity contribution in [3.63, 3.8) is 0 Å². The molecule has 0 saturated carbocycles. The minimum atomic E-state index is -0.347. The molecular weight excluding hydrogens is 438 g/mol. The average molecular weight is 468 g/mol. The van der Waals surface area contributed by atoms with Crippen LogP contribution < -0.4 is 5.32 Å². The van der Waals surface area contributed by atoms with Gasteiger partial charge in [0.1, 0.15) is 0 Å². The molecule has 6 nitrogen and oxygen atoms in total. The Balaban J connectivity index is 1.08. The number of ketones is 1. The number of Topliss-reactive ketones (excluding diaryl/α,β-unsaturated/α-hetero) is 1. The summed E-state index contributed by atoms with van der Waals surface area (Å²) in [6.45, 7) is 2.82. The molecule has 2 saturated heterocycles. The summed E-state index contributed by atoms with van der Waals surface area (Å²) >= 11 is 0. The van der Waals surface area contributed by atoms with Gasteiger partial charge < -0.3 is 15.1 Å². The maximum Gasteiger partial charge on any atom is 0.321 e. The first-order valence-electron chi connectivity index (χ1n) is 12.5. The smallest absolute Gasteiger partial charge is 0.321 e. The Bertz CT molecular complexity index is 1320. The lowest BCUT2D eigenvalue weighted by atomic mass is 9.78. The molecule has 1 N–H and O–H groups in total. The van der Waals surface area contributed by atoms with E-state index in [0.29, 0.717) is 18.7 Å². The van der Waals surface area contributed by atoms with Crippen LogP contribution in [0, 0.1) is 5.41 Å². The van der Waals surface area contributed by atoms with Crippen molar-refractivity contribution < 1.29 is 14.4 Å². The van der Waals surface area contributed by atoms with Gasteiger partial charge in [0.25, 0.3) is 0 Å². The van der Waals surface area contributed by atoms with Crippen molar-refractivity contribution >= 4 is 34.2 Å². The fourth-order valence-corrected chi connectivity index (χ4v) is 6.15. The highest BCUT2D eigenvalue weighted by atomic mass is 16.2. The summed E-state index contributed by atoms with van der Waals surface area (Å²) in [7, 11) is 0. The molecule has 178 valence electrons. The maximum atomic E-state index is 13.4. The van der Waals surface area contributed by atoms with E-state index < -0.39 is 0 Å². The molecule has 35 heavy (non-hydrogen) atoms. The van der Waals surface area contributed by atoms with Crippen LogP contribution in [0.1, 0.15) is 47.5 Å². The Morgan fingerprint density at radius 1 is 0.829 bits per heavy atom. The molecule has 1 unspecified atom stereocenters. The van der Waals surface area contributed by atoms with Gasteiger partial charge in [0.05, 0.1) is 11.6 Å². The van der Waals surface area contributed by atoms with Crippen LogP contribution in [0.5, 0.6) is 0 Å². The number of hydrogen-bond donors (Lipinski definition) is 1. The van der Waals surface area contributed by atoms with E-state index in [1.165, 1.54) is 0 Å². The lowest BCUT2D eigenvalue weighted by Crippen LogP contribution is -2.46. The zero-order valence-corrected chi connectivity index (χ0v) is 19.7. The number of amides is 3.